The van der Waals surface area contributed by atoms with Crippen LogP contribution in [0.2, 0.25) is 0 Å². The van der Waals surface area contributed by atoms with Gasteiger partial charge in [-0.05, 0) is 24.9 Å². The number of rotatable bonds is 7. The molecule has 0 saturated carbocycles. The molecule has 0 amide bonds. The van der Waals surface area contributed by atoms with E-state index in [2.05, 4.69) is 17.4 Å². The van der Waals surface area contributed by atoms with Gasteiger partial charge in [-0.25, -0.2) is 0 Å². The SMILES string of the molecule is NCC(NCCCCO)c1ccccc1. The third-order valence-corrected chi connectivity index (χ3v) is 2.41. The lowest BCUT2D eigenvalue weighted by Gasteiger charge is -2.16. The van der Waals surface area contributed by atoms with E-state index >= 15 is 0 Å². The molecule has 0 saturated heterocycles. The summed E-state index contributed by atoms with van der Waals surface area (Å²) in [4.78, 5) is 0. The molecule has 0 aliphatic carbocycles. The van der Waals surface area contributed by atoms with E-state index in [9.17, 15) is 0 Å². The fourth-order valence-corrected chi connectivity index (χ4v) is 1.54. The lowest BCUT2D eigenvalue weighted by Crippen LogP contribution is -2.29. The van der Waals surface area contributed by atoms with Crippen LogP contribution in [-0.4, -0.2) is 24.8 Å². The highest BCUT2D eigenvalue weighted by molar-refractivity contribution is 5.19. The van der Waals surface area contributed by atoms with Gasteiger partial charge in [0.2, 0.25) is 0 Å². The molecule has 84 valence electrons. The van der Waals surface area contributed by atoms with Crippen molar-refractivity contribution in [1.29, 1.82) is 0 Å². The van der Waals surface area contributed by atoms with Crippen LogP contribution in [0.25, 0.3) is 0 Å². The molecular formula is C12H20N2O. The van der Waals surface area contributed by atoms with Gasteiger partial charge < -0.3 is 16.2 Å². The van der Waals surface area contributed by atoms with E-state index in [0.29, 0.717) is 6.54 Å². The van der Waals surface area contributed by atoms with Gasteiger partial charge in [0.25, 0.3) is 0 Å². The van der Waals surface area contributed by atoms with Gasteiger partial charge in [0.05, 0.1) is 0 Å². The molecule has 1 atom stereocenters. The monoisotopic (exact) mass is 208 g/mol. The van der Waals surface area contributed by atoms with Crippen LogP contribution in [0.5, 0.6) is 0 Å². The van der Waals surface area contributed by atoms with E-state index in [-0.39, 0.29) is 12.6 Å². The van der Waals surface area contributed by atoms with E-state index in [0.717, 1.165) is 19.4 Å². The highest BCUT2D eigenvalue weighted by Crippen LogP contribution is 2.10. The zero-order valence-electron chi connectivity index (χ0n) is 9.02. The van der Waals surface area contributed by atoms with Crippen molar-refractivity contribution in [3.05, 3.63) is 35.9 Å². The van der Waals surface area contributed by atoms with Crippen molar-refractivity contribution in [2.75, 3.05) is 19.7 Å². The van der Waals surface area contributed by atoms with Gasteiger partial charge in [-0.3, -0.25) is 0 Å². The summed E-state index contributed by atoms with van der Waals surface area (Å²) in [5, 5.41) is 12.0. The Morgan fingerprint density at radius 1 is 1.20 bits per heavy atom. The maximum Gasteiger partial charge on any atom is 0.0444 e. The number of hydrogen-bond donors (Lipinski definition) is 3. The molecule has 1 rings (SSSR count). The van der Waals surface area contributed by atoms with Gasteiger partial charge in [0.15, 0.2) is 0 Å². The molecule has 0 aliphatic rings. The zero-order valence-corrected chi connectivity index (χ0v) is 9.02. The van der Waals surface area contributed by atoms with Crippen molar-refractivity contribution in [1.82, 2.24) is 5.32 Å². The van der Waals surface area contributed by atoms with Crippen LogP contribution in [0.4, 0.5) is 0 Å². The first-order chi connectivity index (χ1) is 7.38. The smallest absolute Gasteiger partial charge is 0.0444 e. The second kappa shape index (κ2) is 7.40. The number of aliphatic hydroxyl groups is 1. The topological polar surface area (TPSA) is 58.3 Å². The fraction of sp³-hybridized carbons (Fsp3) is 0.500. The summed E-state index contributed by atoms with van der Waals surface area (Å²) in [6.45, 7) is 1.76. The molecule has 1 unspecified atom stereocenters. The maximum absolute atomic E-state index is 8.65. The van der Waals surface area contributed by atoms with Crippen LogP contribution in [-0.2, 0) is 0 Å². The molecular weight excluding hydrogens is 188 g/mol. The van der Waals surface area contributed by atoms with Crippen molar-refractivity contribution in [3.63, 3.8) is 0 Å². The normalized spacial score (nSPS) is 12.7. The largest absolute Gasteiger partial charge is 0.396 e. The Labute approximate surface area is 91.3 Å². The summed E-state index contributed by atoms with van der Waals surface area (Å²) in [5.74, 6) is 0. The second-order valence-electron chi connectivity index (χ2n) is 3.58. The van der Waals surface area contributed by atoms with Crippen molar-refractivity contribution in [3.8, 4) is 0 Å². The summed E-state index contributed by atoms with van der Waals surface area (Å²) < 4.78 is 0. The highest BCUT2D eigenvalue weighted by atomic mass is 16.2. The van der Waals surface area contributed by atoms with E-state index in [1.54, 1.807) is 0 Å². The Bertz CT molecular complexity index is 251. The average Bonchev–Trinajstić information content (AvgIpc) is 2.30. The molecule has 4 N–H and O–H groups in total. The molecule has 3 heteroatoms. The summed E-state index contributed by atoms with van der Waals surface area (Å²) in [5.41, 5.74) is 6.93. The van der Waals surface area contributed by atoms with Crippen LogP contribution < -0.4 is 11.1 Å². The van der Waals surface area contributed by atoms with Gasteiger partial charge >= 0.3 is 0 Å². The van der Waals surface area contributed by atoms with E-state index in [1.807, 2.05) is 18.2 Å². The van der Waals surface area contributed by atoms with Gasteiger partial charge in [-0.1, -0.05) is 30.3 Å². The predicted molar refractivity (Wildman–Crippen MR) is 62.6 cm³/mol. The molecule has 0 spiro atoms. The van der Waals surface area contributed by atoms with Crippen LogP contribution in [0.15, 0.2) is 30.3 Å². The van der Waals surface area contributed by atoms with Crippen LogP contribution in [0, 0.1) is 0 Å². The second-order valence-corrected chi connectivity index (χ2v) is 3.58. The van der Waals surface area contributed by atoms with E-state index in [4.69, 9.17) is 10.8 Å². The highest BCUT2D eigenvalue weighted by Gasteiger charge is 2.06. The van der Waals surface area contributed by atoms with Crippen molar-refractivity contribution >= 4 is 0 Å². The van der Waals surface area contributed by atoms with E-state index in [1.165, 1.54) is 5.56 Å². The molecule has 3 nitrogen and oxygen atoms in total. The van der Waals surface area contributed by atoms with Gasteiger partial charge in [-0.2, -0.15) is 0 Å². The van der Waals surface area contributed by atoms with Crippen molar-refractivity contribution < 1.29 is 5.11 Å². The molecule has 0 aromatic heterocycles. The van der Waals surface area contributed by atoms with Crippen LogP contribution >= 0.6 is 0 Å². The first-order valence-electron chi connectivity index (χ1n) is 5.47. The number of benzene rings is 1. The predicted octanol–water partition coefficient (Wildman–Crippen LogP) is 1.05. The quantitative estimate of drug-likeness (QED) is 0.587. The van der Waals surface area contributed by atoms with Crippen LogP contribution in [0.1, 0.15) is 24.4 Å². The Hall–Kier alpha value is -0.900. The first-order valence-corrected chi connectivity index (χ1v) is 5.47. The number of hydrogen-bond acceptors (Lipinski definition) is 3. The molecule has 1 aromatic carbocycles. The summed E-state index contributed by atoms with van der Waals surface area (Å²) in [7, 11) is 0. The molecule has 0 aliphatic heterocycles. The van der Waals surface area contributed by atoms with Gasteiger partial charge in [0.1, 0.15) is 0 Å². The Morgan fingerprint density at radius 3 is 2.53 bits per heavy atom. The minimum Gasteiger partial charge on any atom is -0.396 e. The summed E-state index contributed by atoms with van der Waals surface area (Å²) in [6, 6.07) is 10.4. The van der Waals surface area contributed by atoms with Crippen molar-refractivity contribution in [2.45, 2.75) is 18.9 Å². The summed E-state index contributed by atoms with van der Waals surface area (Å²) in [6.07, 6.45) is 1.83. The van der Waals surface area contributed by atoms with Gasteiger partial charge in [-0.15, -0.1) is 0 Å². The Morgan fingerprint density at radius 2 is 1.93 bits per heavy atom. The zero-order chi connectivity index (χ0) is 10.9. The van der Waals surface area contributed by atoms with Crippen molar-refractivity contribution in [2.24, 2.45) is 5.73 Å². The minimum absolute atomic E-state index is 0.227. The molecule has 15 heavy (non-hydrogen) atoms. The van der Waals surface area contributed by atoms with Gasteiger partial charge in [0, 0.05) is 19.2 Å². The molecule has 1 aromatic rings. The maximum atomic E-state index is 8.65. The standard InChI is InChI=1S/C12H20N2O/c13-10-12(14-8-4-5-9-15)11-6-2-1-3-7-11/h1-3,6-7,12,14-15H,4-5,8-10,13H2. The third kappa shape index (κ3) is 4.42. The molecule has 0 heterocycles. The molecule has 0 radical (unpaired) electrons. The molecule has 0 bridgehead atoms. The molecule has 0 fully saturated rings. The van der Waals surface area contributed by atoms with Crippen LogP contribution in [0.3, 0.4) is 0 Å². The van der Waals surface area contributed by atoms with E-state index < -0.39 is 0 Å². The number of aliphatic hydroxyl groups excluding tert-OH is 1. The first kappa shape index (κ1) is 12.2. The minimum atomic E-state index is 0.227. The lowest BCUT2D eigenvalue weighted by atomic mass is 10.1. The number of nitrogens with one attached hydrogen (secondary N) is 1. The third-order valence-electron chi connectivity index (χ3n) is 2.41. The number of nitrogens with two attached hydrogens (primary N) is 1. The summed E-state index contributed by atoms with van der Waals surface area (Å²) >= 11 is 0. The Balaban J connectivity index is 2.36. The average molecular weight is 208 g/mol. The lowest BCUT2D eigenvalue weighted by molar-refractivity contribution is 0.282. The fourth-order valence-electron chi connectivity index (χ4n) is 1.54. The Kier molecular flexibility index (Phi) is 6.00. The number of unbranched alkanes of at least 4 members (excludes halogenated alkanes) is 1.